The quantitative estimate of drug-likeness (QED) is 0.118. The van der Waals surface area contributed by atoms with Gasteiger partial charge in [-0.1, -0.05) is 48.5 Å². The average Bonchev–Trinajstić information content (AvgIpc) is 3.67. The van der Waals surface area contributed by atoms with E-state index in [2.05, 4.69) is 22.5 Å². The maximum absolute atomic E-state index is 12.6. The molecule has 5 heterocycles. The number of fused-ring (bicyclic) bond motifs is 7. The fraction of sp³-hybridized carbons (Fsp3) is 0.362. The molecule has 10 rings (SSSR count). The topological polar surface area (TPSA) is 160 Å². The number of methoxy groups -OCH3 is 4. The zero-order valence-corrected chi connectivity index (χ0v) is 33.5. The minimum absolute atomic E-state index is 0.175. The zero-order chi connectivity index (χ0) is 41.6. The van der Waals surface area contributed by atoms with Crippen LogP contribution >= 0.6 is 0 Å². The second kappa shape index (κ2) is 15.8. The molecule has 0 spiro atoms. The van der Waals surface area contributed by atoms with E-state index < -0.39 is 41.2 Å². The van der Waals surface area contributed by atoms with Crippen molar-refractivity contribution in [2.75, 3.05) is 41.5 Å². The Labute approximate surface area is 343 Å². The first kappa shape index (κ1) is 40.1. The van der Waals surface area contributed by atoms with E-state index in [4.69, 9.17) is 23.7 Å². The standard InChI is InChI=1S/C27H26O8.C20H24N2O2/c1-32-17-11-9-16(10-12-17)27-22(15-7-5-4-6-8-15)21(25(29)30)24(28)26(27,31)23-19(34-3)13-18(33-2)14-20(23)35-27;1-3-13-12-22-9-7-14(13)10-19(22)20(23)16-6-8-21-18-5-4-15(24-2)11-17(16)18/h4-14,21-22,24,28,31H,1-3H3,(H,29,30);3-6,8,11,13-14,19-20,23H,1,7,9-10,12H2,2H3/t21-,22-,24-,26+,27+;13-,14-,19-,20-/m10/s1. The van der Waals surface area contributed by atoms with Crippen LogP contribution in [0.3, 0.4) is 0 Å². The number of ether oxygens (including phenoxy) is 5. The van der Waals surface area contributed by atoms with Crippen LogP contribution in [0.4, 0.5) is 0 Å². The average molecular weight is 803 g/mol. The monoisotopic (exact) mass is 802 g/mol. The van der Waals surface area contributed by atoms with Gasteiger partial charge in [-0.2, -0.15) is 0 Å². The number of carboxylic acid groups (broad SMARTS) is 1. The van der Waals surface area contributed by atoms with Gasteiger partial charge in [0.25, 0.3) is 0 Å². The molecule has 4 N–H and O–H groups in total. The smallest absolute Gasteiger partial charge is 0.310 e. The van der Waals surface area contributed by atoms with Crippen LogP contribution in [0.2, 0.25) is 0 Å². The lowest BCUT2D eigenvalue weighted by Gasteiger charge is -2.50. The molecule has 12 heteroatoms. The maximum atomic E-state index is 12.6. The largest absolute Gasteiger partial charge is 0.497 e. The fourth-order valence-corrected chi connectivity index (χ4v) is 10.2. The first-order valence-electron chi connectivity index (χ1n) is 19.8. The van der Waals surface area contributed by atoms with Gasteiger partial charge in [0.2, 0.25) is 0 Å². The third-order valence-electron chi connectivity index (χ3n) is 13.1. The second-order valence-electron chi connectivity index (χ2n) is 15.7. The molecule has 1 saturated carbocycles. The molecule has 2 bridgehead atoms. The van der Waals surface area contributed by atoms with Gasteiger partial charge in [-0.15, -0.1) is 6.58 Å². The van der Waals surface area contributed by atoms with Gasteiger partial charge in [0.1, 0.15) is 34.9 Å². The first-order chi connectivity index (χ1) is 28.5. The molecule has 4 aromatic carbocycles. The molecule has 0 amide bonds. The number of piperidine rings is 3. The molecule has 1 aliphatic carbocycles. The summed E-state index contributed by atoms with van der Waals surface area (Å²) < 4.78 is 28.2. The molecule has 5 aromatic rings. The molecule has 1 aromatic heterocycles. The molecule has 0 radical (unpaired) electrons. The van der Waals surface area contributed by atoms with Crippen LogP contribution in [-0.4, -0.2) is 90.0 Å². The van der Waals surface area contributed by atoms with Crippen molar-refractivity contribution in [1.82, 2.24) is 9.88 Å². The van der Waals surface area contributed by atoms with Crippen molar-refractivity contribution in [3.05, 3.63) is 132 Å². The fourth-order valence-electron chi connectivity index (χ4n) is 10.2. The van der Waals surface area contributed by atoms with Crippen LogP contribution in [0.1, 0.15) is 47.1 Å². The van der Waals surface area contributed by atoms with Crippen molar-refractivity contribution < 1.29 is 48.9 Å². The Hall–Kier alpha value is -5.66. The predicted octanol–water partition coefficient (Wildman–Crippen LogP) is 6.22. The van der Waals surface area contributed by atoms with Gasteiger partial charge in [0.15, 0.2) is 11.2 Å². The van der Waals surface area contributed by atoms with Crippen molar-refractivity contribution in [3.8, 4) is 28.7 Å². The summed E-state index contributed by atoms with van der Waals surface area (Å²) in [6, 6.07) is 26.9. The molecule has 12 nitrogen and oxygen atoms in total. The summed E-state index contributed by atoms with van der Waals surface area (Å²) in [5.74, 6) is -0.130. The number of aromatic nitrogens is 1. The highest BCUT2D eigenvalue weighted by Gasteiger charge is 2.78. The number of carbonyl (C=O) groups is 1. The van der Waals surface area contributed by atoms with Crippen molar-refractivity contribution in [3.63, 3.8) is 0 Å². The first-order valence-corrected chi connectivity index (χ1v) is 19.8. The van der Waals surface area contributed by atoms with Crippen LogP contribution in [-0.2, 0) is 16.0 Å². The number of carboxylic acids is 1. The Morgan fingerprint density at radius 1 is 0.932 bits per heavy atom. The van der Waals surface area contributed by atoms with Crippen molar-refractivity contribution in [2.45, 2.75) is 48.2 Å². The summed E-state index contributed by atoms with van der Waals surface area (Å²) >= 11 is 0. The second-order valence-corrected chi connectivity index (χ2v) is 15.7. The number of pyridine rings is 1. The van der Waals surface area contributed by atoms with E-state index in [9.17, 15) is 25.2 Å². The molecule has 10 atom stereocenters. The molecule has 4 fully saturated rings. The summed E-state index contributed by atoms with van der Waals surface area (Å²) in [4.78, 5) is 19.5. The number of aliphatic carboxylic acids is 1. The highest BCUT2D eigenvalue weighted by atomic mass is 16.5. The number of hydrogen-bond acceptors (Lipinski definition) is 11. The molecule has 4 aliphatic heterocycles. The van der Waals surface area contributed by atoms with E-state index >= 15 is 0 Å². The van der Waals surface area contributed by atoms with Crippen LogP contribution in [0, 0.1) is 17.8 Å². The molecular formula is C47H50N2O10. The molecule has 3 saturated heterocycles. The molecule has 1 unspecified atom stereocenters. The predicted molar refractivity (Wildman–Crippen MR) is 220 cm³/mol. The highest BCUT2D eigenvalue weighted by Crippen LogP contribution is 2.70. The summed E-state index contributed by atoms with van der Waals surface area (Å²) in [5.41, 5.74) is -0.768. The van der Waals surface area contributed by atoms with E-state index in [0.717, 1.165) is 41.7 Å². The van der Waals surface area contributed by atoms with Crippen molar-refractivity contribution in [2.24, 2.45) is 17.8 Å². The maximum Gasteiger partial charge on any atom is 0.310 e. The van der Waals surface area contributed by atoms with Gasteiger partial charge in [0, 0.05) is 42.2 Å². The lowest BCUT2D eigenvalue weighted by Crippen LogP contribution is -2.54. The molecule has 59 heavy (non-hydrogen) atoms. The van der Waals surface area contributed by atoms with Crippen molar-refractivity contribution >= 4 is 16.9 Å². The molecule has 5 aliphatic rings. The normalized spacial score (nSPS) is 29.2. The number of nitrogens with zero attached hydrogens (tertiary/aromatic N) is 2. The minimum atomic E-state index is -2.17. The van der Waals surface area contributed by atoms with Crippen LogP contribution in [0.5, 0.6) is 28.7 Å². The third kappa shape index (κ3) is 6.37. The summed E-state index contributed by atoms with van der Waals surface area (Å²) in [6.45, 7) is 6.07. The zero-order valence-electron chi connectivity index (χ0n) is 33.5. The van der Waals surface area contributed by atoms with Crippen molar-refractivity contribution in [1.29, 1.82) is 0 Å². The van der Waals surface area contributed by atoms with Gasteiger partial charge >= 0.3 is 5.97 Å². The van der Waals surface area contributed by atoms with Gasteiger partial charge in [-0.05, 0) is 84.3 Å². The minimum Gasteiger partial charge on any atom is -0.497 e. The Balaban J connectivity index is 0.000000176. The van der Waals surface area contributed by atoms with E-state index in [-0.39, 0.29) is 23.1 Å². The molecule has 308 valence electrons. The highest BCUT2D eigenvalue weighted by molar-refractivity contribution is 5.84. The third-order valence-corrected chi connectivity index (χ3v) is 13.1. The van der Waals surface area contributed by atoms with Gasteiger partial charge in [-0.25, -0.2) is 0 Å². The Bertz CT molecular complexity index is 2340. The number of aliphatic hydroxyl groups excluding tert-OH is 2. The lowest BCUT2D eigenvalue weighted by atomic mass is 9.70. The van der Waals surface area contributed by atoms with Gasteiger partial charge < -0.3 is 44.1 Å². The molecular weight excluding hydrogens is 753 g/mol. The lowest BCUT2D eigenvalue weighted by molar-refractivity contribution is -0.159. The number of benzene rings is 4. The summed E-state index contributed by atoms with van der Waals surface area (Å²) in [6.07, 6.45) is 3.89. The van der Waals surface area contributed by atoms with E-state index in [1.165, 1.54) is 27.8 Å². The van der Waals surface area contributed by atoms with E-state index in [0.29, 0.717) is 34.5 Å². The summed E-state index contributed by atoms with van der Waals surface area (Å²) in [5, 5.41) is 46.6. The summed E-state index contributed by atoms with van der Waals surface area (Å²) in [7, 11) is 6.12. The van der Waals surface area contributed by atoms with Gasteiger partial charge in [-0.3, -0.25) is 14.7 Å². The number of hydrogen-bond donors (Lipinski definition) is 4. The van der Waals surface area contributed by atoms with E-state index in [1.807, 2.05) is 30.3 Å². The number of aliphatic hydroxyl groups is 3. The van der Waals surface area contributed by atoms with Crippen LogP contribution in [0.25, 0.3) is 10.9 Å². The van der Waals surface area contributed by atoms with Crippen LogP contribution in [0.15, 0.2) is 110 Å². The van der Waals surface area contributed by atoms with Crippen LogP contribution < -0.4 is 23.7 Å². The number of rotatable bonds is 10. The van der Waals surface area contributed by atoms with E-state index in [1.54, 1.807) is 74.0 Å². The van der Waals surface area contributed by atoms with Gasteiger partial charge in [0.05, 0.1) is 51.5 Å². The Kier molecular flexibility index (Phi) is 10.8. The SMILES string of the molecule is C=C[C@H]1CN2CC[C@H]1C[C@H]2[C@@H](O)c1ccnc2ccc(OC)cc12.COc1ccc([C@@]23Oc4cc(OC)cc(OC)c4[C@]2(O)[C@H](O)[C@H](C(=O)O)[C@H]3c2ccccc2)cc1. The Morgan fingerprint density at radius 3 is 2.27 bits per heavy atom. The Morgan fingerprint density at radius 2 is 1.64 bits per heavy atom.